The molecular weight excluding hydrogens is 438 g/mol. The lowest BCUT2D eigenvalue weighted by atomic mass is 9.96. The average molecular weight is 464 g/mol. The zero-order valence-corrected chi connectivity index (χ0v) is 19.8. The molecule has 170 valence electrons. The van der Waals surface area contributed by atoms with Gasteiger partial charge in [0.2, 0.25) is 0 Å². The van der Waals surface area contributed by atoms with E-state index in [2.05, 4.69) is 9.98 Å². The van der Waals surface area contributed by atoms with Crippen molar-refractivity contribution in [1.82, 2.24) is 9.55 Å². The third kappa shape index (κ3) is 4.66. The van der Waals surface area contributed by atoms with E-state index in [1.807, 2.05) is 56.3 Å². The van der Waals surface area contributed by atoms with E-state index in [0.717, 1.165) is 16.9 Å². The Kier molecular flexibility index (Phi) is 6.55. The Labute approximate surface area is 195 Å². The normalized spacial score (nSPS) is 15.9. The highest BCUT2D eigenvalue weighted by molar-refractivity contribution is 7.07. The minimum absolute atomic E-state index is 0.0407. The maximum absolute atomic E-state index is 13.5. The number of ether oxygens (including phenoxy) is 2. The van der Waals surface area contributed by atoms with Gasteiger partial charge in [-0.1, -0.05) is 23.5 Å². The first-order valence-corrected chi connectivity index (χ1v) is 11.6. The summed E-state index contributed by atoms with van der Waals surface area (Å²) in [7, 11) is 0. The molecule has 0 unspecified atom stereocenters. The van der Waals surface area contributed by atoms with Crippen molar-refractivity contribution in [2.45, 2.75) is 39.8 Å². The number of thiazole rings is 1. The molecule has 1 atom stereocenters. The molecule has 3 aromatic rings. The molecule has 0 saturated heterocycles. The van der Waals surface area contributed by atoms with Crippen LogP contribution in [0.1, 0.15) is 44.9 Å². The highest BCUT2D eigenvalue weighted by Crippen LogP contribution is 2.31. The number of fused-ring (bicyclic) bond motifs is 1. The van der Waals surface area contributed by atoms with E-state index >= 15 is 0 Å². The van der Waals surface area contributed by atoms with Crippen LogP contribution in [0.4, 0.5) is 0 Å². The number of nitrogens with zero attached hydrogens (tertiary/aromatic N) is 3. The van der Waals surface area contributed by atoms with Crippen LogP contribution < -0.4 is 19.6 Å². The SMILES string of the molecule is CCOC(=O)C1=C(C)N=c2s/c(=C/c3ccncc3)c(=O)n2[C@@H]1c1ccc(OC(C)C)cc1. The number of carbonyl (C=O) groups excluding carboxylic acids is 1. The van der Waals surface area contributed by atoms with Gasteiger partial charge in [0.15, 0.2) is 4.80 Å². The van der Waals surface area contributed by atoms with Crippen molar-refractivity contribution in [3.8, 4) is 5.75 Å². The van der Waals surface area contributed by atoms with Crippen molar-refractivity contribution in [3.63, 3.8) is 0 Å². The Morgan fingerprint density at radius 1 is 1.18 bits per heavy atom. The number of aromatic nitrogens is 2. The minimum Gasteiger partial charge on any atom is -0.491 e. The maximum atomic E-state index is 13.5. The van der Waals surface area contributed by atoms with Crippen LogP contribution in [0, 0.1) is 0 Å². The lowest BCUT2D eigenvalue weighted by molar-refractivity contribution is -0.139. The summed E-state index contributed by atoms with van der Waals surface area (Å²) in [5, 5.41) is 0. The van der Waals surface area contributed by atoms with Gasteiger partial charge in [0, 0.05) is 12.4 Å². The Hall–Kier alpha value is -3.52. The first-order valence-electron chi connectivity index (χ1n) is 10.8. The van der Waals surface area contributed by atoms with Gasteiger partial charge in [0.1, 0.15) is 5.75 Å². The lowest BCUT2D eigenvalue weighted by Crippen LogP contribution is -2.39. The van der Waals surface area contributed by atoms with E-state index in [9.17, 15) is 9.59 Å². The van der Waals surface area contributed by atoms with Gasteiger partial charge >= 0.3 is 5.97 Å². The van der Waals surface area contributed by atoms with Gasteiger partial charge in [-0.25, -0.2) is 9.79 Å². The van der Waals surface area contributed by atoms with E-state index in [0.29, 0.717) is 20.6 Å². The van der Waals surface area contributed by atoms with E-state index in [1.54, 1.807) is 30.8 Å². The molecule has 33 heavy (non-hydrogen) atoms. The Morgan fingerprint density at radius 2 is 1.88 bits per heavy atom. The van der Waals surface area contributed by atoms with Gasteiger partial charge in [-0.2, -0.15) is 0 Å². The number of pyridine rings is 1. The molecule has 0 aliphatic carbocycles. The fraction of sp³-hybridized carbons (Fsp3) is 0.280. The van der Waals surface area contributed by atoms with E-state index in [4.69, 9.17) is 9.47 Å². The van der Waals surface area contributed by atoms with Crippen LogP contribution in [0.2, 0.25) is 0 Å². The number of carbonyl (C=O) groups is 1. The Morgan fingerprint density at radius 3 is 2.52 bits per heavy atom. The fourth-order valence-corrected chi connectivity index (χ4v) is 4.77. The molecule has 0 N–H and O–H groups in total. The van der Waals surface area contributed by atoms with E-state index in [1.165, 1.54) is 11.3 Å². The molecule has 4 rings (SSSR count). The standard InChI is InChI=1S/C25H25N3O4S/c1-5-31-24(30)21-16(4)27-25-28(22(21)18-6-8-19(9-7-18)32-15(2)3)23(29)20(33-25)14-17-10-12-26-13-11-17/h6-15,22H,5H2,1-4H3/b20-14+/t22-/m1/s1. The number of esters is 1. The number of hydrogen-bond donors (Lipinski definition) is 0. The average Bonchev–Trinajstić information content (AvgIpc) is 3.08. The highest BCUT2D eigenvalue weighted by Gasteiger charge is 2.33. The van der Waals surface area contributed by atoms with Crippen molar-refractivity contribution >= 4 is 23.4 Å². The van der Waals surface area contributed by atoms with Crippen LogP contribution in [-0.2, 0) is 9.53 Å². The first kappa shape index (κ1) is 22.7. The molecule has 7 nitrogen and oxygen atoms in total. The van der Waals surface area contributed by atoms with Gasteiger partial charge < -0.3 is 9.47 Å². The zero-order chi connectivity index (χ0) is 23.5. The largest absolute Gasteiger partial charge is 0.491 e. The Balaban J connectivity index is 1.90. The van der Waals surface area contributed by atoms with Gasteiger partial charge in [-0.3, -0.25) is 14.3 Å². The summed E-state index contributed by atoms with van der Waals surface area (Å²) in [6.45, 7) is 7.68. The maximum Gasteiger partial charge on any atom is 0.338 e. The summed E-state index contributed by atoms with van der Waals surface area (Å²) in [6.07, 6.45) is 5.20. The van der Waals surface area contributed by atoms with Crippen molar-refractivity contribution in [1.29, 1.82) is 0 Å². The van der Waals surface area contributed by atoms with E-state index in [-0.39, 0.29) is 18.3 Å². The fourth-order valence-electron chi connectivity index (χ4n) is 3.72. The topological polar surface area (TPSA) is 82.8 Å². The second kappa shape index (κ2) is 9.54. The predicted molar refractivity (Wildman–Crippen MR) is 127 cm³/mol. The van der Waals surface area contributed by atoms with Crippen LogP contribution in [0.15, 0.2) is 69.8 Å². The molecule has 0 amide bonds. The van der Waals surface area contributed by atoms with Crippen molar-refractivity contribution in [2.75, 3.05) is 6.61 Å². The lowest BCUT2D eigenvalue weighted by Gasteiger charge is -2.25. The van der Waals surface area contributed by atoms with Gasteiger partial charge in [-0.05, 0) is 69.2 Å². The zero-order valence-electron chi connectivity index (χ0n) is 18.9. The molecule has 8 heteroatoms. The molecule has 3 heterocycles. The molecule has 0 saturated carbocycles. The number of benzene rings is 1. The molecular formula is C25H25N3O4S. The third-order valence-electron chi connectivity index (χ3n) is 5.09. The van der Waals surface area contributed by atoms with E-state index < -0.39 is 12.0 Å². The second-order valence-electron chi connectivity index (χ2n) is 7.82. The van der Waals surface area contributed by atoms with Crippen LogP contribution in [0.3, 0.4) is 0 Å². The molecule has 1 aliphatic rings. The second-order valence-corrected chi connectivity index (χ2v) is 8.83. The van der Waals surface area contributed by atoms with Crippen LogP contribution >= 0.6 is 11.3 Å². The third-order valence-corrected chi connectivity index (χ3v) is 6.07. The molecule has 2 aromatic heterocycles. The monoisotopic (exact) mass is 463 g/mol. The number of allylic oxidation sites excluding steroid dienone is 1. The Bertz CT molecular complexity index is 1370. The van der Waals surface area contributed by atoms with Crippen LogP contribution in [-0.4, -0.2) is 28.2 Å². The van der Waals surface area contributed by atoms with Crippen molar-refractivity contribution in [2.24, 2.45) is 4.99 Å². The molecule has 0 spiro atoms. The number of hydrogen-bond acceptors (Lipinski definition) is 7. The quantitative estimate of drug-likeness (QED) is 0.525. The molecule has 1 aromatic carbocycles. The summed E-state index contributed by atoms with van der Waals surface area (Å²) in [5.41, 5.74) is 2.33. The summed E-state index contributed by atoms with van der Waals surface area (Å²) >= 11 is 1.29. The van der Waals surface area contributed by atoms with Crippen molar-refractivity contribution in [3.05, 3.63) is 90.9 Å². The molecule has 0 fully saturated rings. The summed E-state index contributed by atoms with van der Waals surface area (Å²) in [6, 6.07) is 10.5. The van der Waals surface area contributed by atoms with Crippen LogP contribution in [0.5, 0.6) is 5.75 Å². The predicted octanol–water partition coefficient (Wildman–Crippen LogP) is 2.98. The molecule has 1 aliphatic heterocycles. The van der Waals surface area contributed by atoms with Gasteiger partial charge in [0.05, 0.1) is 34.6 Å². The molecule has 0 bridgehead atoms. The summed E-state index contributed by atoms with van der Waals surface area (Å²) < 4.78 is 13.2. The summed E-state index contributed by atoms with van der Waals surface area (Å²) in [5.74, 6) is 0.243. The van der Waals surface area contributed by atoms with Crippen LogP contribution in [0.25, 0.3) is 6.08 Å². The smallest absolute Gasteiger partial charge is 0.338 e. The van der Waals surface area contributed by atoms with Gasteiger partial charge in [-0.15, -0.1) is 0 Å². The summed E-state index contributed by atoms with van der Waals surface area (Å²) in [4.78, 5) is 35.6. The molecule has 0 radical (unpaired) electrons. The van der Waals surface area contributed by atoms with Crippen molar-refractivity contribution < 1.29 is 14.3 Å². The van der Waals surface area contributed by atoms with Gasteiger partial charge in [0.25, 0.3) is 5.56 Å². The highest BCUT2D eigenvalue weighted by atomic mass is 32.1. The minimum atomic E-state index is -0.645. The number of rotatable bonds is 6. The first-order chi connectivity index (χ1) is 15.9.